The number of carbonyl (C=O) groups is 2. The van der Waals surface area contributed by atoms with Crippen molar-refractivity contribution in [3.8, 4) is 5.75 Å². The van der Waals surface area contributed by atoms with Crippen molar-refractivity contribution in [1.29, 1.82) is 0 Å². The number of hydrogen-bond acceptors (Lipinski definition) is 4. The fourth-order valence-corrected chi connectivity index (χ4v) is 5.09. The lowest BCUT2D eigenvalue weighted by Crippen LogP contribution is -2.38. The van der Waals surface area contributed by atoms with Gasteiger partial charge in [0.25, 0.3) is 0 Å². The molecule has 1 N–H and O–H groups in total. The van der Waals surface area contributed by atoms with Gasteiger partial charge in [-0.3, -0.25) is 9.59 Å². The Kier molecular flexibility index (Phi) is 8.19. The van der Waals surface area contributed by atoms with Crippen molar-refractivity contribution >= 4 is 62.4 Å². The maximum Gasteiger partial charge on any atom is 0.246 e. The van der Waals surface area contributed by atoms with Gasteiger partial charge in [-0.25, -0.2) is 4.98 Å². The van der Waals surface area contributed by atoms with E-state index in [9.17, 15) is 9.59 Å². The minimum Gasteiger partial charge on any atom is -0.487 e. The van der Waals surface area contributed by atoms with Gasteiger partial charge in [-0.2, -0.15) is 0 Å². The largest absolute Gasteiger partial charge is 0.487 e. The van der Waals surface area contributed by atoms with Crippen LogP contribution in [0.25, 0.3) is 21.7 Å². The van der Waals surface area contributed by atoms with Gasteiger partial charge in [-0.15, -0.1) is 0 Å². The summed E-state index contributed by atoms with van der Waals surface area (Å²) in [5.74, 6) is 0.0428. The summed E-state index contributed by atoms with van der Waals surface area (Å²) in [4.78, 5) is 31.5. The number of amides is 2. The van der Waals surface area contributed by atoms with Crippen LogP contribution in [0.2, 0.25) is 10.0 Å². The Hall–Kier alpha value is -4.13. The average Bonchev–Trinajstić information content (AvgIpc) is 2.95. The highest BCUT2D eigenvalue weighted by Gasteiger charge is 2.19. The number of rotatable bonds is 8. The summed E-state index contributed by atoms with van der Waals surface area (Å²) in [7, 11) is 1.61. The van der Waals surface area contributed by atoms with Crippen molar-refractivity contribution in [2.75, 3.05) is 18.5 Å². The van der Waals surface area contributed by atoms with Crippen LogP contribution >= 0.6 is 23.2 Å². The lowest BCUT2D eigenvalue weighted by Gasteiger charge is -2.21. The average molecular weight is 572 g/mol. The van der Waals surface area contributed by atoms with Gasteiger partial charge in [0.1, 0.15) is 17.9 Å². The van der Waals surface area contributed by atoms with Crippen LogP contribution in [0, 0.1) is 6.92 Å². The van der Waals surface area contributed by atoms with E-state index in [2.05, 4.69) is 10.3 Å². The van der Waals surface area contributed by atoms with Crippen LogP contribution < -0.4 is 15.0 Å². The Balaban J connectivity index is 1.24. The molecule has 0 fully saturated rings. The summed E-state index contributed by atoms with van der Waals surface area (Å²) in [5, 5.41) is 6.56. The predicted octanol–water partition coefficient (Wildman–Crippen LogP) is 6.90. The molecular weight excluding hydrogens is 545 g/mol. The molecule has 2 amide bonds. The normalized spacial score (nSPS) is 11.0. The standard InChI is InChI=1S/C32H27Cl2N3O3/c1-20-10-12-23-8-5-9-28(32(23)36-20)40-19-25-26(33)14-15-27(31(25)34)37(2)30(39)18-35-29(38)17-21-11-13-22-6-3-4-7-24(22)16-21/h3-16H,17-19H2,1-2H3,(H,35,38). The van der Waals surface area contributed by atoms with Crippen LogP contribution in [-0.4, -0.2) is 30.4 Å². The SMILES string of the molecule is Cc1ccc2cccc(OCc3c(Cl)ccc(N(C)C(=O)CNC(=O)Cc4ccc5ccccc5c4)c3Cl)c2n1. The first-order valence-electron chi connectivity index (χ1n) is 12.8. The van der Waals surface area contributed by atoms with Crippen LogP contribution in [0.3, 0.4) is 0 Å². The Labute approximate surface area is 242 Å². The van der Waals surface area contributed by atoms with Gasteiger partial charge in [0, 0.05) is 28.7 Å². The monoisotopic (exact) mass is 571 g/mol. The van der Waals surface area contributed by atoms with E-state index >= 15 is 0 Å². The van der Waals surface area contributed by atoms with Crippen molar-refractivity contribution in [1.82, 2.24) is 10.3 Å². The zero-order valence-electron chi connectivity index (χ0n) is 22.1. The molecule has 5 aromatic rings. The number of halogens is 2. The lowest BCUT2D eigenvalue weighted by molar-refractivity contribution is -0.124. The van der Waals surface area contributed by atoms with Gasteiger partial charge in [0.2, 0.25) is 11.8 Å². The highest BCUT2D eigenvalue weighted by Crippen LogP contribution is 2.35. The van der Waals surface area contributed by atoms with E-state index in [1.807, 2.05) is 79.7 Å². The highest BCUT2D eigenvalue weighted by molar-refractivity contribution is 6.38. The molecule has 8 heteroatoms. The van der Waals surface area contributed by atoms with Gasteiger partial charge in [0.05, 0.1) is 23.7 Å². The molecule has 4 aromatic carbocycles. The first-order chi connectivity index (χ1) is 19.3. The second kappa shape index (κ2) is 11.9. The van der Waals surface area contributed by atoms with Crippen molar-refractivity contribution in [2.45, 2.75) is 20.0 Å². The van der Waals surface area contributed by atoms with E-state index in [1.165, 1.54) is 4.90 Å². The van der Waals surface area contributed by atoms with Gasteiger partial charge in [0.15, 0.2) is 0 Å². The smallest absolute Gasteiger partial charge is 0.246 e. The number of nitrogens with one attached hydrogen (secondary N) is 1. The minimum atomic E-state index is -0.323. The van der Waals surface area contributed by atoms with Gasteiger partial charge in [-0.1, -0.05) is 83.9 Å². The third-order valence-electron chi connectivity index (χ3n) is 6.71. The van der Waals surface area contributed by atoms with E-state index in [0.29, 0.717) is 27.0 Å². The van der Waals surface area contributed by atoms with Gasteiger partial charge < -0.3 is 15.0 Å². The number of anilines is 1. The fraction of sp³-hybridized carbons (Fsp3) is 0.156. The Morgan fingerprint density at radius 1 is 0.900 bits per heavy atom. The van der Waals surface area contributed by atoms with Gasteiger partial charge >= 0.3 is 0 Å². The van der Waals surface area contributed by atoms with Gasteiger partial charge in [-0.05, 0) is 47.5 Å². The van der Waals surface area contributed by atoms with Crippen LogP contribution in [0.5, 0.6) is 5.75 Å². The molecule has 0 aliphatic carbocycles. The van der Waals surface area contributed by atoms with E-state index in [1.54, 1.807) is 19.2 Å². The van der Waals surface area contributed by atoms with Crippen LogP contribution in [0.15, 0.2) is 84.9 Å². The second-order valence-corrected chi connectivity index (χ2v) is 10.3. The Bertz CT molecular complexity index is 1740. The summed E-state index contributed by atoms with van der Waals surface area (Å²) in [6.07, 6.45) is 0.174. The molecule has 1 heterocycles. The summed E-state index contributed by atoms with van der Waals surface area (Å²) in [5.41, 5.74) is 3.51. The molecule has 0 atom stereocenters. The first-order valence-corrected chi connectivity index (χ1v) is 13.5. The summed E-state index contributed by atoms with van der Waals surface area (Å²) in [6, 6.07) is 26.8. The first kappa shape index (κ1) is 27.4. The number of pyridine rings is 1. The minimum absolute atomic E-state index is 0.0881. The molecule has 0 saturated carbocycles. The maximum atomic E-state index is 13.0. The number of benzene rings is 4. The molecule has 0 aliphatic heterocycles. The number of carbonyl (C=O) groups excluding carboxylic acids is 2. The summed E-state index contributed by atoms with van der Waals surface area (Å²) in [6.45, 7) is 1.84. The highest BCUT2D eigenvalue weighted by atomic mass is 35.5. The molecule has 0 radical (unpaired) electrons. The quantitative estimate of drug-likeness (QED) is 0.220. The number of aryl methyl sites for hydroxylation is 1. The number of likely N-dealkylation sites (N-methyl/N-ethyl adjacent to an activating group) is 1. The molecule has 40 heavy (non-hydrogen) atoms. The predicted molar refractivity (Wildman–Crippen MR) is 161 cm³/mol. The third-order valence-corrected chi connectivity index (χ3v) is 7.49. The third kappa shape index (κ3) is 6.03. The Morgan fingerprint density at radius 2 is 1.65 bits per heavy atom. The van der Waals surface area contributed by atoms with E-state index in [4.69, 9.17) is 27.9 Å². The number of hydrogen-bond donors (Lipinski definition) is 1. The zero-order valence-corrected chi connectivity index (χ0v) is 23.6. The molecule has 1 aromatic heterocycles. The maximum absolute atomic E-state index is 13.0. The molecule has 0 saturated heterocycles. The molecule has 0 bridgehead atoms. The van der Waals surface area contributed by atoms with Crippen molar-refractivity contribution in [3.63, 3.8) is 0 Å². The Morgan fingerprint density at radius 3 is 2.48 bits per heavy atom. The molecule has 6 nitrogen and oxygen atoms in total. The van der Waals surface area contributed by atoms with Crippen molar-refractivity contribution in [2.24, 2.45) is 0 Å². The van der Waals surface area contributed by atoms with E-state index in [-0.39, 0.29) is 31.4 Å². The lowest BCUT2D eigenvalue weighted by atomic mass is 10.0. The van der Waals surface area contributed by atoms with Crippen molar-refractivity contribution in [3.05, 3.63) is 112 Å². The van der Waals surface area contributed by atoms with E-state index in [0.717, 1.165) is 32.9 Å². The van der Waals surface area contributed by atoms with Crippen LogP contribution in [-0.2, 0) is 22.6 Å². The number of nitrogens with zero attached hydrogens (tertiary/aromatic N) is 2. The molecule has 0 unspecified atom stereocenters. The number of fused-ring (bicyclic) bond motifs is 2. The molecule has 0 aliphatic rings. The molecule has 202 valence electrons. The van der Waals surface area contributed by atoms with Crippen LogP contribution in [0.1, 0.15) is 16.8 Å². The second-order valence-electron chi connectivity index (χ2n) is 9.52. The molecule has 5 rings (SSSR count). The number of aromatic nitrogens is 1. The topological polar surface area (TPSA) is 71.5 Å². The molecule has 0 spiro atoms. The summed E-state index contributed by atoms with van der Waals surface area (Å²) >= 11 is 13.2. The zero-order chi connectivity index (χ0) is 28.2. The fourth-order valence-electron chi connectivity index (χ4n) is 4.48. The number of para-hydroxylation sites is 1. The van der Waals surface area contributed by atoms with E-state index < -0.39 is 0 Å². The number of ether oxygens (including phenoxy) is 1. The summed E-state index contributed by atoms with van der Waals surface area (Å²) < 4.78 is 6.09. The molecular formula is C32H27Cl2N3O3. The van der Waals surface area contributed by atoms with Crippen LogP contribution in [0.4, 0.5) is 5.69 Å². The van der Waals surface area contributed by atoms with Crippen molar-refractivity contribution < 1.29 is 14.3 Å².